The molecule has 2 N–H and O–H groups in total. The van der Waals surface area contributed by atoms with E-state index in [-0.39, 0.29) is 24.8 Å². The molecule has 0 saturated heterocycles. The molecule has 0 aliphatic carbocycles. The molecule has 3 rings (SSSR count). The minimum absolute atomic E-state index is 0.137. The Bertz CT molecular complexity index is 894. The van der Waals surface area contributed by atoms with E-state index in [9.17, 15) is 13.2 Å². The van der Waals surface area contributed by atoms with E-state index < -0.39 is 15.9 Å². The lowest BCUT2D eigenvalue weighted by Gasteiger charge is -2.09. The summed E-state index contributed by atoms with van der Waals surface area (Å²) in [6.45, 7) is 2.11. The largest absolute Gasteiger partial charge is 0.454 e. The first-order chi connectivity index (χ1) is 12.5. The SMILES string of the molecule is CCc1ccc(S(=O)(=O)NCC(=O)NCc2ccc3c(c2)OCO3)cc1. The molecular formula is C18H20N2O5S. The van der Waals surface area contributed by atoms with Crippen LogP contribution >= 0.6 is 0 Å². The van der Waals surface area contributed by atoms with Crippen molar-refractivity contribution in [3.8, 4) is 11.5 Å². The van der Waals surface area contributed by atoms with Crippen molar-refractivity contribution in [3.05, 3.63) is 53.6 Å². The third kappa shape index (κ3) is 4.33. The molecule has 0 aromatic heterocycles. The fourth-order valence-corrected chi connectivity index (χ4v) is 3.44. The van der Waals surface area contributed by atoms with E-state index >= 15 is 0 Å². The molecule has 1 aliphatic rings. The van der Waals surface area contributed by atoms with Crippen molar-refractivity contribution in [1.29, 1.82) is 0 Å². The van der Waals surface area contributed by atoms with Crippen LogP contribution in [0, 0.1) is 0 Å². The van der Waals surface area contributed by atoms with Crippen LogP contribution in [0.25, 0.3) is 0 Å². The van der Waals surface area contributed by atoms with Crippen molar-refractivity contribution in [2.24, 2.45) is 0 Å². The van der Waals surface area contributed by atoms with Crippen LogP contribution in [0.4, 0.5) is 0 Å². The quantitative estimate of drug-likeness (QED) is 0.765. The number of rotatable bonds is 7. The molecule has 0 saturated carbocycles. The van der Waals surface area contributed by atoms with E-state index in [1.54, 1.807) is 24.3 Å². The van der Waals surface area contributed by atoms with Gasteiger partial charge in [-0.25, -0.2) is 13.1 Å². The standard InChI is InChI=1S/C18H20N2O5S/c1-2-13-3-6-15(7-4-13)26(22,23)20-11-18(21)19-10-14-5-8-16-17(9-14)25-12-24-16/h3-9,20H,2,10-12H2,1H3,(H,19,21). The summed E-state index contributed by atoms with van der Waals surface area (Å²) < 4.78 is 37.2. The van der Waals surface area contributed by atoms with Gasteiger partial charge in [0.1, 0.15) is 0 Å². The second-order valence-electron chi connectivity index (χ2n) is 5.79. The van der Waals surface area contributed by atoms with Crippen LogP contribution in [0.15, 0.2) is 47.4 Å². The Morgan fingerprint density at radius 3 is 2.46 bits per heavy atom. The van der Waals surface area contributed by atoms with Gasteiger partial charge in [-0.05, 0) is 41.8 Å². The van der Waals surface area contributed by atoms with Gasteiger partial charge in [-0.1, -0.05) is 25.1 Å². The first-order valence-electron chi connectivity index (χ1n) is 8.22. The van der Waals surface area contributed by atoms with Crippen molar-refractivity contribution in [1.82, 2.24) is 10.0 Å². The second-order valence-corrected chi connectivity index (χ2v) is 7.55. The van der Waals surface area contributed by atoms with Crippen LogP contribution < -0.4 is 19.5 Å². The number of benzene rings is 2. The zero-order valence-electron chi connectivity index (χ0n) is 14.3. The number of nitrogens with one attached hydrogen (secondary N) is 2. The first-order valence-corrected chi connectivity index (χ1v) is 9.70. The Balaban J connectivity index is 1.51. The third-order valence-electron chi connectivity index (χ3n) is 3.99. The van der Waals surface area contributed by atoms with E-state index in [1.165, 1.54) is 12.1 Å². The molecule has 0 atom stereocenters. The van der Waals surface area contributed by atoms with Crippen molar-refractivity contribution in [2.75, 3.05) is 13.3 Å². The molecule has 1 heterocycles. The van der Waals surface area contributed by atoms with E-state index in [2.05, 4.69) is 10.0 Å². The van der Waals surface area contributed by atoms with Gasteiger partial charge in [-0.2, -0.15) is 0 Å². The average molecular weight is 376 g/mol. The summed E-state index contributed by atoms with van der Waals surface area (Å²) in [5, 5.41) is 2.67. The third-order valence-corrected chi connectivity index (χ3v) is 5.41. The van der Waals surface area contributed by atoms with Gasteiger partial charge in [-0.15, -0.1) is 0 Å². The number of aryl methyl sites for hydroxylation is 1. The smallest absolute Gasteiger partial charge is 0.241 e. The lowest BCUT2D eigenvalue weighted by atomic mass is 10.2. The highest BCUT2D eigenvalue weighted by molar-refractivity contribution is 7.89. The van der Waals surface area contributed by atoms with Crippen LogP contribution in [-0.4, -0.2) is 27.7 Å². The van der Waals surface area contributed by atoms with Gasteiger partial charge < -0.3 is 14.8 Å². The predicted octanol–water partition coefficient (Wildman–Crippen LogP) is 1.57. The number of sulfonamides is 1. The van der Waals surface area contributed by atoms with Gasteiger partial charge in [0.15, 0.2) is 11.5 Å². The normalized spacial score (nSPS) is 12.8. The molecule has 0 spiro atoms. The second kappa shape index (κ2) is 7.76. The molecular weight excluding hydrogens is 356 g/mol. The van der Waals surface area contributed by atoms with Gasteiger partial charge in [0.25, 0.3) is 0 Å². The highest BCUT2D eigenvalue weighted by atomic mass is 32.2. The summed E-state index contributed by atoms with van der Waals surface area (Å²) in [6.07, 6.45) is 0.829. The maximum absolute atomic E-state index is 12.2. The lowest BCUT2D eigenvalue weighted by molar-refractivity contribution is -0.120. The van der Waals surface area contributed by atoms with Gasteiger partial charge >= 0.3 is 0 Å². The Kier molecular flexibility index (Phi) is 5.43. The van der Waals surface area contributed by atoms with Crippen molar-refractivity contribution >= 4 is 15.9 Å². The summed E-state index contributed by atoms with van der Waals surface area (Å²) >= 11 is 0. The van der Waals surface area contributed by atoms with E-state index in [0.29, 0.717) is 11.5 Å². The Morgan fingerprint density at radius 1 is 1.04 bits per heavy atom. The van der Waals surface area contributed by atoms with Gasteiger partial charge in [-0.3, -0.25) is 4.79 Å². The summed E-state index contributed by atoms with van der Waals surface area (Å²) in [7, 11) is -3.72. The monoisotopic (exact) mass is 376 g/mol. The van der Waals surface area contributed by atoms with Crippen molar-refractivity contribution in [3.63, 3.8) is 0 Å². The molecule has 2 aromatic rings. The fraction of sp³-hybridized carbons (Fsp3) is 0.278. The van der Waals surface area contributed by atoms with Crippen molar-refractivity contribution < 1.29 is 22.7 Å². The topological polar surface area (TPSA) is 93.7 Å². The molecule has 0 bridgehead atoms. The fourth-order valence-electron chi connectivity index (χ4n) is 2.46. The first kappa shape index (κ1) is 18.2. The molecule has 138 valence electrons. The van der Waals surface area contributed by atoms with Crippen LogP contribution in [-0.2, 0) is 27.8 Å². The van der Waals surface area contributed by atoms with Crippen LogP contribution in [0.1, 0.15) is 18.1 Å². The summed E-state index contributed by atoms with van der Waals surface area (Å²) in [5.41, 5.74) is 1.88. The summed E-state index contributed by atoms with van der Waals surface area (Å²) in [6, 6.07) is 11.9. The van der Waals surface area contributed by atoms with Gasteiger partial charge in [0, 0.05) is 6.54 Å². The number of amides is 1. The summed E-state index contributed by atoms with van der Waals surface area (Å²) in [5.74, 6) is 0.881. The minimum Gasteiger partial charge on any atom is -0.454 e. The number of ether oxygens (including phenoxy) is 2. The molecule has 8 heteroatoms. The minimum atomic E-state index is -3.72. The number of carbonyl (C=O) groups is 1. The number of carbonyl (C=O) groups excluding carboxylic acids is 1. The molecule has 0 fully saturated rings. The molecule has 1 aliphatic heterocycles. The summed E-state index contributed by atoms with van der Waals surface area (Å²) in [4.78, 5) is 12.1. The number of fused-ring (bicyclic) bond motifs is 1. The van der Waals surface area contributed by atoms with Gasteiger partial charge in [0.05, 0.1) is 11.4 Å². The maximum Gasteiger partial charge on any atom is 0.241 e. The van der Waals surface area contributed by atoms with E-state index in [1.807, 2.05) is 13.0 Å². The number of hydrogen-bond donors (Lipinski definition) is 2. The molecule has 0 unspecified atom stereocenters. The van der Waals surface area contributed by atoms with Crippen LogP contribution in [0.3, 0.4) is 0 Å². The van der Waals surface area contributed by atoms with E-state index in [4.69, 9.17) is 9.47 Å². The molecule has 0 radical (unpaired) electrons. The van der Waals surface area contributed by atoms with Crippen LogP contribution in [0.5, 0.6) is 11.5 Å². The van der Waals surface area contributed by atoms with Gasteiger partial charge in [0.2, 0.25) is 22.7 Å². The Labute approximate surface area is 152 Å². The zero-order valence-corrected chi connectivity index (χ0v) is 15.1. The highest BCUT2D eigenvalue weighted by Gasteiger charge is 2.16. The highest BCUT2D eigenvalue weighted by Crippen LogP contribution is 2.32. The van der Waals surface area contributed by atoms with E-state index in [0.717, 1.165) is 17.5 Å². The Morgan fingerprint density at radius 2 is 1.73 bits per heavy atom. The lowest BCUT2D eigenvalue weighted by Crippen LogP contribution is -2.36. The molecule has 7 nitrogen and oxygen atoms in total. The number of hydrogen-bond acceptors (Lipinski definition) is 5. The predicted molar refractivity (Wildman–Crippen MR) is 95.4 cm³/mol. The maximum atomic E-state index is 12.2. The molecule has 2 aromatic carbocycles. The Hall–Kier alpha value is -2.58. The zero-order chi connectivity index (χ0) is 18.6. The molecule has 1 amide bonds. The van der Waals surface area contributed by atoms with Crippen LogP contribution in [0.2, 0.25) is 0 Å². The molecule has 26 heavy (non-hydrogen) atoms. The average Bonchev–Trinajstić information content (AvgIpc) is 3.12. The van der Waals surface area contributed by atoms with Crippen molar-refractivity contribution in [2.45, 2.75) is 24.8 Å².